The molecule has 0 aromatic carbocycles. The monoisotopic (exact) mass is 286 g/mol. The van der Waals surface area contributed by atoms with E-state index >= 15 is 0 Å². The zero-order valence-corrected chi connectivity index (χ0v) is 11.7. The van der Waals surface area contributed by atoms with Crippen molar-refractivity contribution < 1.29 is 24.2 Å². The van der Waals surface area contributed by atoms with E-state index < -0.39 is 12.1 Å². The van der Waals surface area contributed by atoms with Gasteiger partial charge >= 0.3 is 12.0 Å². The number of urea groups is 1. The smallest absolute Gasteiger partial charge is 0.332 e. The number of ether oxygens (including phenoxy) is 2. The number of aliphatic carboxylic acids is 1. The number of carboxylic acid groups (broad SMARTS) is 1. The summed E-state index contributed by atoms with van der Waals surface area (Å²) < 4.78 is 10.9. The average molecular weight is 286 g/mol. The van der Waals surface area contributed by atoms with Gasteiger partial charge < -0.3 is 24.8 Å². The quantitative estimate of drug-likeness (QED) is 0.783. The molecule has 7 nitrogen and oxygen atoms in total. The Hall–Kier alpha value is -1.34. The molecule has 0 aromatic rings. The first-order valence-corrected chi connectivity index (χ1v) is 7.12. The molecular weight excluding hydrogens is 264 g/mol. The van der Waals surface area contributed by atoms with Crippen molar-refractivity contribution >= 4 is 12.0 Å². The molecule has 2 amide bonds. The molecule has 2 N–H and O–H groups in total. The Morgan fingerprint density at radius 1 is 1.35 bits per heavy atom. The summed E-state index contributed by atoms with van der Waals surface area (Å²) in [5.74, 6) is -0.933. The van der Waals surface area contributed by atoms with Crippen molar-refractivity contribution in [3.63, 3.8) is 0 Å². The van der Waals surface area contributed by atoms with Crippen molar-refractivity contribution in [2.24, 2.45) is 0 Å². The van der Waals surface area contributed by atoms with Gasteiger partial charge in [-0.1, -0.05) is 6.92 Å². The second-order valence-corrected chi connectivity index (χ2v) is 5.20. The summed E-state index contributed by atoms with van der Waals surface area (Å²) >= 11 is 0. The van der Waals surface area contributed by atoms with Gasteiger partial charge in [-0.25, -0.2) is 9.59 Å². The van der Waals surface area contributed by atoms with E-state index in [0.29, 0.717) is 39.1 Å². The number of amides is 2. The van der Waals surface area contributed by atoms with Crippen LogP contribution in [0.2, 0.25) is 0 Å². The van der Waals surface area contributed by atoms with E-state index in [4.69, 9.17) is 14.6 Å². The Labute approximate surface area is 118 Å². The molecule has 20 heavy (non-hydrogen) atoms. The van der Waals surface area contributed by atoms with E-state index in [9.17, 15) is 9.59 Å². The highest BCUT2D eigenvalue weighted by molar-refractivity contribution is 5.74. The third-order valence-corrected chi connectivity index (χ3v) is 3.75. The van der Waals surface area contributed by atoms with Gasteiger partial charge in [-0.3, -0.25) is 0 Å². The maximum absolute atomic E-state index is 12.0. The third kappa shape index (κ3) is 3.83. The maximum Gasteiger partial charge on any atom is 0.332 e. The number of hydrogen-bond acceptors (Lipinski definition) is 4. The molecule has 3 atom stereocenters. The van der Waals surface area contributed by atoms with Crippen LogP contribution in [0.5, 0.6) is 0 Å². The molecular formula is C13H22N2O5. The van der Waals surface area contributed by atoms with Crippen molar-refractivity contribution in [3.05, 3.63) is 0 Å². The molecule has 2 fully saturated rings. The summed E-state index contributed by atoms with van der Waals surface area (Å²) in [6.07, 6.45) is 1.22. The number of carboxylic acids is 1. The summed E-state index contributed by atoms with van der Waals surface area (Å²) in [6, 6.07) is -0.130. The van der Waals surface area contributed by atoms with Crippen LogP contribution in [0.1, 0.15) is 26.2 Å². The van der Waals surface area contributed by atoms with Gasteiger partial charge in [0.1, 0.15) is 0 Å². The van der Waals surface area contributed by atoms with Crippen LogP contribution < -0.4 is 5.32 Å². The zero-order chi connectivity index (χ0) is 14.5. The van der Waals surface area contributed by atoms with Crippen molar-refractivity contribution in [1.82, 2.24) is 10.2 Å². The third-order valence-electron chi connectivity index (χ3n) is 3.75. The Morgan fingerprint density at radius 3 is 2.80 bits per heavy atom. The average Bonchev–Trinajstić information content (AvgIpc) is 2.94. The predicted molar refractivity (Wildman–Crippen MR) is 70.5 cm³/mol. The molecule has 0 bridgehead atoms. The molecule has 2 aliphatic heterocycles. The number of morpholine rings is 1. The molecule has 114 valence electrons. The minimum atomic E-state index is -0.933. The molecule has 2 aliphatic rings. The van der Waals surface area contributed by atoms with Gasteiger partial charge in [-0.05, 0) is 19.3 Å². The normalized spacial score (nSPS) is 30.2. The Morgan fingerprint density at radius 2 is 2.15 bits per heavy atom. The van der Waals surface area contributed by atoms with Crippen molar-refractivity contribution in [1.29, 1.82) is 0 Å². The first kappa shape index (κ1) is 15.1. The van der Waals surface area contributed by atoms with Crippen molar-refractivity contribution in [3.8, 4) is 0 Å². The minimum Gasteiger partial charge on any atom is -0.479 e. The minimum absolute atomic E-state index is 0.105. The lowest BCUT2D eigenvalue weighted by molar-refractivity contribution is -0.149. The fraction of sp³-hybridized carbons (Fsp3) is 0.846. The van der Waals surface area contributed by atoms with Gasteiger partial charge in [-0.15, -0.1) is 0 Å². The van der Waals surface area contributed by atoms with E-state index in [1.54, 1.807) is 4.90 Å². The number of hydrogen-bond donors (Lipinski definition) is 2. The number of carbonyl (C=O) groups is 2. The fourth-order valence-corrected chi connectivity index (χ4v) is 2.50. The summed E-state index contributed by atoms with van der Waals surface area (Å²) in [7, 11) is 0. The number of nitrogens with zero attached hydrogens (tertiary/aromatic N) is 1. The molecule has 0 aliphatic carbocycles. The maximum atomic E-state index is 12.0. The number of carbonyl (C=O) groups excluding carboxylic acids is 1. The van der Waals surface area contributed by atoms with Gasteiger partial charge in [-0.2, -0.15) is 0 Å². The molecule has 2 rings (SSSR count). The molecule has 7 heteroatoms. The van der Waals surface area contributed by atoms with Crippen LogP contribution in [0.15, 0.2) is 0 Å². The van der Waals surface area contributed by atoms with E-state index in [1.165, 1.54) is 0 Å². The van der Waals surface area contributed by atoms with E-state index in [1.807, 2.05) is 6.92 Å². The van der Waals surface area contributed by atoms with Crippen LogP contribution in [-0.4, -0.2) is 66.6 Å². The van der Waals surface area contributed by atoms with Gasteiger partial charge in [0.2, 0.25) is 0 Å². The van der Waals surface area contributed by atoms with Gasteiger partial charge in [0.25, 0.3) is 0 Å². The molecule has 3 unspecified atom stereocenters. The molecule has 2 saturated heterocycles. The lowest BCUT2D eigenvalue weighted by atomic mass is 10.2. The first-order chi connectivity index (χ1) is 9.60. The van der Waals surface area contributed by atoms with Crippen LogP contribution in [0, 0.1) is 0 Å². The highest BCUT2D eigenvalue weighted by atomic mass is 16.5. The number of rotatable bonds is 4. The van der Waals surface area contributed by atoms with Crippen LogP contribution in [0.4, 0.5) is 4.79 Å². The Kier molecular flexibility index (Phi) is 5.19. The largest absolute Gasteiger partial charge is 0.479 e. The van der Waals surface area contributed by atoms with Crippen molar-refractivity contribution in [2.75, 3.05) is 26.2 Å². The fourth-order valence-electron chi connectivity index (χ4n) is 2.50. The zero-order valence-electron chi connectivity index (χ0n) is 11.7. The summed E-state index contributed by atoms with van der Waals surface area (Å²) in [6.45, 7) is 4.14. The lowest BCUT2D eigenvalue weighted by Crippen LogP contribution is -2.50. The van der Waals surface area contributed by atoms with Crippen LogP contribution in [0.25, 0.3) is 0 Å². The second kappa shape index (κ2) is 6.90. The summed E-state index contributed by atoms with van der Waals surface area (Å²) in [4.78, 5) is 24.5. The molecule has 0 spiro atoms. The number of nitrogens with one attached hydrogen (secondary N) is 1. The van der Waals surface area contributed by atoms with E-state index in [2.05, 4.69) is 5.32 Å². The van der Waals surface area contributed by atoms with E-state index in [-0.39, 0.29) is 18.2 Å². The molecule has 0 saturated carbocycles. The topological polar surface area (TPSA) is 88.1 Å². The molecule has 0 radical (unpaired) electrons. The van der Waals surface area contributed by atoms with Crippen LogP contribution in [-0.2, 0) is 14.3 Å². The molecule has 0 aromatic heterocycles. The molecule has 2 heterocycles. The Balaban J connectivity index is 1.71. The highest BCUT2D eigenvalue weighted by Gasteiger charge is 2.31. The predicted octanol–water partition coefficient (Wildman–Crippen LogP) is 0.439. The highest BCUT2D eigenvalue weighted by Crippen LogP contribution is 2.19. The van der Waals surface area contributed by atoms with E-state index in [0.717, 1.165) is 6.42 Å². The first-order valence-electron chi connectivity index (χ1n) is 7.12. The van der Waals surface area contributed by atoms with Gasteiger partial charge in [0.05, 0.1) is 18.8 Å². The Bertz CT molecular complexity index is 363. The lowest BCUT2D eigenvalue weighted by Gasteiger charge is -2.32. The van der Waals surface area contributed by atoms with Crippen LogP contribution >= 0.6 is 0 Å². The standard InChI is InChI=1S/C13H22N2O5/c1-2-9-8-15(5-6-19-9)13(18)14-7-10-3-4-11(20-10)12(16)17/h9-11H,2-8H2,1H3,(H,14,18)(H,16,17). The summed E-state index contributed by atoms with van der Waals surface area (Å²) in [5, 5.41) is 11.6. The second-order valence-electron chi connectivity index (χ2n) is 5.20. The van der Waals surface area contributed by atoms with Gasteiger partial charge in [0, 0.05) is 19.6 Å². The summed E-state index contributed by atoms with van der Waals surface area (Å²) in [5.41, 5.74) is 0. The SMILES string of the molecule is CCC1CN(C(=O)NCC2CCC(C(=O)O)O2)CCO1. The van der Waals surface area contributed by atoms with Crippen molar-refractivity contribution in [2.45, 2.75) is 44.5 Å². The van der Waals surface area contributed by atoms with Gasteiger partial charge in [0.15, 0.2) is 6.10 Å². The van der Waals surface area contributed by atoms with Crippen LogP contribution in [0.3, 0.4) is 0 Å².